The SMILES string of the molecule is C[C@@H](I)c1ccc(F)cc1-n1ccnn1. The number of nitrogens with zero attached hydrogens (tertiary/aromatic N) is 3. The lowest BCUT2D eigenvalue weighted by atomic mass is 10.1. The van der Waals surface area contributed by atoms with Crippen molar-refractivity contribution in [3.05, 3.63) is 42.0 Å². The largest absolute Gasteiger partial charge is 0.220 e. The number of hydrogen-bond acceptors (Lipinski definition) is 2. The molecule has 15 heavy (non-hydrogen) atoms. The molecule has 0 aliphatic carbocycles. The first-order valence-electron chi connectivity index (χ1n) is 4.48. The van der Waals surface area contributed by atoms with Crippen LogP contribution in [-0.2, 0) is 0 Å². The fraction of sp³-hybridized carbons (Fsp3) is 0.200. The normalized spacial score (nSPS) is 12.7. The van der Waals surface area contributed by atoms with Gasteiger partial charge in [-0.1, -0.05) is 33.9 Å². The lowest BCUT2D eigenvalue weighted by Crippen LogP contribution is -2.01. The van der Waals surface area contributed by atoms with Crippen LogP contribution in [0.3, 0.4) is 0 Å². The molecule has 2 aromatic rings. The standard InChI is InChI=1S/C10H9FIN3/c1-7(12)9-3-2-8(11)6-10(9)15-5-4-13-14-15/h2-7H,1H3/t7-/m1/s1. The summed E-state index contributed by atoms with van der Waals surface area (Å²) in [5.74, 6) is -0.263. The van der Waals surface area contributed by atoms with E-state index in [0.29, 0.717) is 3.92 Å². The van der Waals surface area contributed by atoms with Crippen LogP contribution in [0.1, 0.15) is 16.4 Å². The van der Waals surface area contributed by atoms with Gasteiger partial charge in [-0.15, -0.1) is 5.10 Å². The van der Waals surface area contributed by atoms with Crippen molar-refractivity contribution in [2.24, 2.45) is 0 Å². The van der Waals surface area contributed by atoms with Gasteiger partial charge in [-0.05, 0) is 24.6 Å². The van der Waals surface area contributed by atoms with Crippen molar-refractivity contribution in [2.45, 2.75) is 10.8 Å². The summed E-state index contributed by atoms with van der Waals surface area (Å²) in [6.07, 6.45) is 3.28. The molecule has 2 rings (SSSR count). The van der Waals surface area contributed by atoms with Gasteiger partial charge in [0.25, 0.3) is 0 Å². The minimum atomic E-state index is -0.263. The Morgan fingerprint density at radius 1 is 1.47 bits per heavy atom. The number of hydrogen-bond donors (Lipinski definition) is 0. The molecule has 1 aromatic carbocycles. The summed E-state index contributed by atoms with van der Waals surface area (Å²) in [4.78, 5) is 0. The van der Waals surface area contributed by atoms with Crippen molar-refractivity contribution in [3.63, 3.8) is 0 Å². The summed E-state index contributed by atoms with van der Waals surface area (Å²) in [6.45, 7) is 2.05. The predicted octanol–water partition coefficient (Wildman–Crippen LogP) is 2.90. The minimum Gasteiger partial charge on any atom is -0.220 e. The summed E-state index contributed by atoms with van der Waals surface area (Å²) >= 11 is 2.29. The number of alkyl halides is 1. The Balaban J connectivity index is 2.58. The molecule has 0 amide bonds. The average Bonchev–Trinajstić information content (AvgIpc) is 2.69. The van der Waals surface area contributed by atoms with Gasteiger partial charge in [-0.25, -0.2) is 9.07 Å². The maximum absolute atomic E-state index is 13.1. The second-order valence-electron chi connectivity index (χ2n) is 3.17. The summed E-state index contributed by atoms with van der Waals surface area (Å²) in [7, 11) is 0. The van der Waals surface area contributed by atoms with Crippen LogP contribution < -0.4 is 0 Å². The Bertz CT molecular complexity index is 454. The van der Waals surface area contributed by atoms with Crippen LogP contribution in [0.4, 0.5) is 4.39 Å². The molecule has 1 heterocycles. The first-order chi connectivity index (χ1) is 7.18. The van der Waals surface area contributed by atoms with Crippen molar-refractivity contribution in [2.75, 3.05) is 0 Å². The third kappa shape index (κ3) is 2.17. The van der Waals surface area contributed by atoms with Crippen LogP contribution in [0.15, 0.2) is 30.6 Å². The molecule has 0 spiro atoms. The second-order valence-corrected chi connectivity index (χ2v) is 5.04. The molecule has 0 fully saturated rings. The van der Waals surface area contributed by atoms with Crippen molar-refractivity contribution >= 4 is 22.6 Å². The van der Waals surface area contributed by atoms with E-state index in [2.05, 4.69) is 32.9 Å². The van der Waals surface area contributed by atoms with Gasteiger partial charge in [-0.3, -0.25) is 0 Å². The number of halogens is 2. The highest BCUT2D eigenvalue weighted by atomic mass is 127. The predicted molar refractivity (Wildman–Crippen MR) is 63.8 cm³/mol. The summed E-state index contributed by atoms with van der Waals surface area (Å²) in [5.41, 5.74) is 1.79. The molecule has 1 aromatic heterocycles. The van der Waals surface area contributed by atoms with E-state index in [1.807, 2.05) is 6.92 Å². The zero-order valence-corrected chi connectivity index (χ0v) is 10.2. The minimum absolute atomic E-state index is 0.263. The van der Waals surface area contributed by atoms with E-state index >= 15 is 0 Å². The molecule has 0 aliphatic heterocycles. The van der Waals surface area contributed by atoms with Crippen LogP contribution in [0.25, 0.3) is 5.69 Å². The molecule has 78 valence electrons. The van der Waals surface area contributed by atoms with E-state index in [9.17, 15) is 4.39 Å². The Morgan fingerprint density at radius 2 is 2.27 bits per heavy atom. The molecule has 5 heteroatoms. The van der Waals surface area contributed by atoms with Gasteiger partial charge in [-0.2, -0.15) is 0 Å². The van der Waals surface area contributed by atoms with Gasteiger partial charge in [0.2, 0.25) is 0 Å². The van der Waals surface area contributed by atoms with Gasteiger partial charge in [0.15, 0.2) is 0 Å². The fourth-order valence-electron chi connectivity index (χ4n) is 1.39. The molecular weight excluding hydrogens is 308 g/mol. The molecule has 0 unspecified atom stereocenters. The number of aromatic nitrogens is 3. The van der Waals surface area contributed by atoms with Gasteiger partial charge < -0.3 is 0 Å². The molecule has 0 radical (unpaired) electrons. The maximum Gasteiger partial charge on any atom is 0.125 e. The lowest BCUT2D eigenvalue weighted by molar-refractivity contribution is 0.623. The zero-order valence-electron chi connectivity index (χ0n) is 8.06. The van der Waals surface area contributed by atoms with Crippen LogP contribution in [0, 0.1) is 5.82 Å². The van der Waals surface area contributed by atoms with E-state index < -0.39 is 0 Å². The van der Waals surface area contributed by atoms with Gasteiger partial charge >= 0.3 is 0 Å². The zero-order chi connectivity index (χ0) is 10.8. The topological polar surface area (TPSA) is 30.7 Å². The van der Waals surface area contributed by atoms with Crippen molar-refractivity contribution < 1.29 is 4.39 Å². The number of benzene rings is 1. The van der Waals surface area contributed by atoms with Crippen molar-refractivity contribution in [3.8, 4) is 5.69 Å². The van der Waals surface area contributed by atoms with E-state index in [0.717, 1.165) is 11.3 Å². The van der Waals surface area contributed by atoms with Crippen molar-refractivity contribution in [1.82, 2.24) is 15.0 Å². The summed E-state index contributed by atoms with van der Waals surface area (Å²) in [6, 6.07) is 4.72. The van der Waals surface area contributed by atoms with E-state index in [4.69, 9.17) is 0 Å². The fourth-order valence-corrected chi connectivity index (χ4v) is 1.91. The molecule has 0 aliphatic rings. The molecule has 1 atom stereocenters. The molecular formula is C10H9FIN3. The van der Waals surface area contributed by atoms with Crippen molar-refractivity contribution in [1.29, 1.82) is 0 Å². The first-order valence-corrected chi connectivity index (χ1v) is 5.73. The highest BCUT2D eigenvalue weighted by molar-refractivity contribution is 14.1. The molecule has 3 nitrogen and oxygen atoms in total. The third-order valence-electron chi connectivity index (χ3n) is 2.09. The monoisotopic (exact) mass is 317 g/mol. The van der Waals surface area contributed by atoms with Crippen LogP contribution in [0.5, 0.6) is 0 Å². The molecule has 0 saturated carbocycles. The highest BCUT2D eigenvalue weighted by Crippen LogP contribution is 2.28. The van der Waals surface area contributed by atoms with Gasteiger partial charge in [0, 0.05) is 3.92 Å². The molecule has 0 bridgehead atoms. The summed E-state index contributed by atoms with van der Waals surface area (Å²) < 4.78 is 15.0. The van der Waals surface area contributed by atoms with E-state index in [-0.39, 0.29) is 5.82 Å². The second kappa shape index (κ2) is 4.26. The summed E-state index contributed by atoms with van der Waals surface area (Å²) in [5, 5.41) is 7.58. The van der Waals surface area contributed by atoms with E-state index in [1.165, 1.54) is 12.1 Å². The van der Waals surface area contributed by atoms with E-state index in [1.54, 1.807) is 23.1 Å². The highest BCUT2D eigenvalue weighted by Gasteiger charge is 2.10. The van der Waals surface area contributed by atoms with Crippen LogP contribution in [0.2, 0.25) is 0 Å². The van der Waals surface area contributed by atoms with Gasteiger partial charge in [0.1, 0.15) is 5.82 Å². The lowest BCUT2D eigenvalue weighted by Gasteiger charge is -2.10. The average molecular weight is 317 g/mol. The molecule has 0 saturated heterocycles. The Kier molecular flexibility index (Phi) is 2.99. The Hall–Kier alpha value is -0.980. The number of rotatable bonds is 2. The smallest absolute Gasteiger partial charge is 0.125 e. The third-order valence-corrected chi connectivity index (χ3v) is 2.76. The van der Waals surface area contributed by atoms with Gasteiger partial charge in [0.05, 0.1) is 18.1 Å². The van der Waals surface area contributed by atoms with Crippen LogP contribution >= 0.6 is 22.6 Å². The quantitative estimate of drug-likeness (QED) is 0.630. The van der Waals surface area contributed by atoms with Crippen LogP contribution in [-0.4, -0.2) is 15.0 Å². The first kappa shape index (κ1) is 10.5. The Morgan fingerprint density at radius 3 is 2.87 bits per heavy atom. The molecule has 0 N–H and O–H groups in total. The Labute approximate surface area is 100 Å². The maximum atomic E-state index is 13.1.